The van der Waals surface area contributed by atoms with Gasteiger partial charge in [-0.05, 0) is 65.1 Å². The number of halogens is 2. The molecule has 170 valence electrons. The average molecular weight is 485 g/mol. The van der Waals surface area contributed by atoms with E-state index in [1.165, 1.54) is 28.8 Å². The number of benzene rings is 3. The number of hydrogen-bond acceptors (Lipinski definition) is 4. The number of fused-ring (bicyclic) bond motifs is 1. The van der Waals surface area contributed by atoms with E-state index in [9.17, 15) is 14.0 Å². The van der Waals surface area contributed by atoms with Crippen molar-refractivity contribution in [3.63, 3.8) is 0 Å². The summed E-state index contributed by atoms with van der Waals surface area (Å²) in [4.78, 5) is 25.1. The lowest BCUT2D eigenvalue weighted by Crippen LogP contribution is -2.10. The van der Waals surface area contributed by atoms with Crippen molar-refractivity contribution in [3.8, 4) is 11.1 Å². The molecule has 0 unspecified atom stereocenters. The molecule has 4 rings (SSSR count). The van der Waals surface area contributed by atoms with E-state index in [1.54, 1.807) is 36.0 Å². The predicted octanol–water partition coefficient (Wildman–Crippen LogP) is 6.46. The Labute approximate surface area is 200 Å². The van der Waals surface area contributed by atoms with Crippen molar-refractivity contribution in [1.82, 2.24) is 5.32 Å². The quantitative estimate of drug-likeness (QED) is 0.393. The Hall–Kier alpha value is -3.16. The molecule has 0 radical (unpaired) electrons. The molecule has 1 aliphatic rings. The number of carboxylic acids is 1. The Morgan fingerprint density at radius 1 is 1.18 bits per heavy atom. The Bertz CT molecular complexity index is 1200. The van der Waals surface area contributed by atoms with Gasteiger partial charge < -0.3 is 10.4 Å². The zero-order chi connectivity index (χ0) is 23.8. The minimum absolute atomic E-state index is 0.154. The van der Waals surface area contributed by atoms with Crippen molar-refractivity contribution in [2.24, 2.45) is 4.99 Å². The van der Waals surface area contributed by atoms with E-state index >= 15 is 0 Å². The zero-order valence-corrected chi connectivity index (χ0v) is 19.4. The highest BCUT2D eigenvalue weighted by Crippen LogP contribution is 2.35. The van der Waals surface area contributed by atoms with E-state index in [2.05, 4.69) is 23.3 Å². The van der Waals surface area contributed by atoms with E-state index < -0.39 is 5.97 Å². The van der Waals surface area contributed by atoms with Crippen molar-refractivity contribution in [3.05, 3.63) is 88.2 Å². The van der Waals surface area contributed by atoms with Crippen LogP contribution in [0.25, 0.3) is 11.1 Å². The summed E-state index contributed by atoms with van der Waals surface area (Å²) in [6, 6.07) is 17.4. The molecule has 0 aliphatic carbocycles. The standard InChI is InChI=1S/C16H13ClFNS.C9H9NO3/c1-2-16-19-15-6-4-10(7-12(15)9-20-16)11-3-5-14(18)13(17)8-11;11-6-10-5-7-2-1-3-8(4-7)9(12)13/h3-8H,2,9H2,1H3;1-4,6H,5H2,(H,10,11)(H,12,13). The van der Waals surface area contributed by atoms with Crippen LogP contribution in [0.1, 0.15) is 34.8 Å². The topological polar surface area (TPSA) is 78.8 Å². The number of amides is 1. The van der Waals surface area contributed by atoms with Gasteiger partial charge >= 0.3 is 5.97 Å². The largest absolute Gasteiger partial charge is 0.478 e. The van der Waals surface area contributed by atoms with Crippen LogP contribution in [-0.2, 0) is 17.1 Å². The lowest BCUT2D eigenvalue weighted by atomic mass is 10.0. The van der Waals surface area contributed by atoms with Gasteiger partial charge in [-0.1, -0.05) is 42.8 Å². The maximum absolute atomic E-state index is 13.2. The first-order valence-electron chi connectivity index (χ1n) is 10.2. The van der Waals surface area contributed by atoms with Crippen LogP contribution in [-0.4, -0.2) is 22.5 Å². The van der Waals surface area contributed by atoms with E-state index in [-0.39, 0.29) is 16.4 Å². The van der Waals surface area contributed by atoms with Gasteiger partial charge in [0.2, 0.25) is 6.41 Å². The third-order valence-corrected chi connectivity index (χ3v) is 6.30. The van der Waals surface area contributed by atoms with Crippen LogP contribution in [0.2, 0.25) is 5.02 Å². The summed E-state index contributed by atoms with van der Waals surface area (Å²) in [7, 11) is 0. The first kappa shape index (κ1) is 24.5. The zero-order valence-electron chi connectivity index (χ0n) is 17.8. The monoisotopic (exact) mass is 484 g/mol. The SMILES string of the molecule is CCC1=Nc2ccc(-c3ccc(F)c(Cl)c3)cc2CS1.O=CNCc1cccc(C(=O)O)c1. The molecule has 0 spiro atoms. The van der Waals surface area contributed by atoms with Crippen LogP contribution in [0.15, 0.2) is 65.7 Å². The highest BCUT2D eigenvalue weighted by atomic mass is 35.5. The number of carboxylic acid groups (broad SMARTS) is 1. The number of thioether (sulfide) groups is 1. The Kier molecular flexibility index (Phi) is 8.63. The normalized spacial score (nSPS) is 12.0. The Morgan fingerprint density at radius 2 is 1.94 bits per heavy atom. The van der Waals surface area contributed by atoms with Crippen LogP contribution in [0.3, 0.4) is 0 Å². The van der Waals surface area contributed by atoms with Gasteiger partial charge in [0.1, 0.15) is 5.82 Å². The number of aliphatic imine (C=N–C) groups is 1. The summed E-state index contributed by atoms with van der Waals surface area (Å²) >= 11 is 7.62. The molecule has 2 N–H and O–H groups in total. The fourth-order valence-corrected chi connectivity index (χ4v) is 4.25. The van der Waals surface area contributed by atoms with E-state index in [4.69, 9.17) is 16.7 Å². The summed E-state index contributed by atoms with van der Waals surface area (Å²) < 4.78 is 13.2. The molecule has 0 saturated carbocycles. The molecule has 3 aromatic carbocycles. The molecule has 0 saturated heterocycles. The van der Waals surface area contributed by atoms with E-state index in [0.29, 0.717) is 13.0 Å². The minimum atomic E-state index is -0.965. The van der Waals surface area contributed by atoms with E-state index in [1.807, 2.05) is 12.1 Å². The van der Waals surface area contributed by atoms with Crippen molar-refractivity contribution < 1.29 is 19.1 Å². The maximum atomic E-state index is 13.2. The van der Waals surface area contributed by atoms with Gasteiger partial charge in [-0.15, -0.1) is 11.8 Å². The predicted molar refractivity (Wildman–Crippen MR) is 132 cm³/mol. The lowest BCUT2D eigenvalue weighted by molar-refractivity contribution is -0.109. The highest BCUT2D eigenvalue weighted by Gasteiger charge is 2.13. The third-order valence-electron chi connectivity index (χ3n) is 4.84. The van der Waals surface area contributed by atoms with Crippen molar-refractivity contribution in [2.75, 3.05) is 0 Å². The van der Waals surface area contributed by atoms with Gasteiger partial charge in [-0.25, -0.2) is 14.2 Å². The second kappa shape index (κ2) is 11.6. The summed E-state index contributed by atoms with van der Waals surface area (Å²) in [5, 5.41) is 12.4. The Morgan fingerprint density at radius 3 is 2.64 bits per heavy atom. The molecule has 3 aromatic rings. The van der Waals surface area contributed by atoms with Crippen molar-refractivity contribution >= 4 is 46.5 Å². The van der Waals surface area contributed by atoms with Crippen molar-refractivity contribution in [2.45, 2.75) is 25.6 Å². The second-order valence-electron chi connectivity index (χ2n) is 7.12. The average Bonchev–Trinajstić information content (AvgIpc) is 2.84. The third kappa shape index (κ3) is 6.66. The minimum Gasteiger partial charge on any atom is -0.478 e. The van der Waals surface area contributed by atoms with Gasteiger partial charge in [0.05, 0.1) is 21.3 Å². The molecule has 0 bridgehead atoms. The van der Waals surface area contributed by atoms with Crippen LogP contribution >= 0.6 is 23.4 Å². The smallest absolute Gasteiger partial charge is 0.335 e. The first-order valence-corrected chi connectivity index (χ1v) is 11.6. The first-order chi connectivity index (χ1) is 15.9. The number of carbonyl (C=O) groups excluding carboxylic acids is 1. The van der Waals surface area contributed by atoms with E-state index in [0.717, 1.165) is 34.6 Å². The van der Waals surface area contributed by atoms with Crippen LogP contribution in [0.5, 0.6) is 0 Å². The number of hydrogen-bond donors (Lipinski definition) is 2. The summed E-state index contributed by atoms with van der Waals surface area (Å²) in [5.41, 5.74) is 5.22. The number of rotatable bonds is 6. The molecule has 1 heterocycles. The van der Waals surface area contributed by atoms with Crippen LogP contribution in [0, 0.1) is 5.82 Å². The molecular formula is C25H22ClFN2O3S. The van der Waals surface area contributed by atoms with Crippen molar-refractivity contribution in [1.29, 1.82) is 0 Å². The fraction of sp³-hybridized carbons (Fsp3) is 0.160. The molecule has 33 heavy (non-hydrogen) atoms. The molecule has 1 aliphatic heterocycles. The highest BCUT2D eigenvalue weighted by molar-refractivity contribution is 8.13. The fourth-order valence-electron chi connectivity index (χ4n) is 3.15. The number of nitrogens with zero attached hydrogens (tertiary/aromatic N) is 1. The van der Waals surface area contributed by atoms with Gasteiger partial charge in [0.15, 0.2) is 0 Å². The van der Waals surface area contributed by atoms with Gasteiger partial charge in [0.25, 0.3) is 0 Å². The summed E-state index contributed by atoms with van der Waals surface area (Å²) in [6.07, 6.45) is 1.55. The molecule has 8 heteroatoms. The van der Waals surface area contributed by atoms with Gasteiger partial charge in [0, 0.05) is 12.3 Å². The number of carbonyl (C=O) groups is 2. The Balaban J connectivity index is 0.000000205. The number of nitrogens with one attached hydrogen (secondary N) is 1. The number of aromatic carboxylic acids is 1. The molecular weight excluding hydrogens is 463 g/mol. The molecule has 1 amide bonds. The van der Waals surface area contributed by atoms with Gasteiger partial charge in [-0.2, -0.15) is 0 Å². The molecule has 0 atom stereocenters. The molecule has 5 nitrogen and oxygen atoms in total. The summed E-state index contributed by atoms with van der Waals surface area (Å²) in [5.74, 6) is -0.417. The maximum Gasteiger partial charge on any atom is 0.335 e. The summed E-state index contributed by atoms with van der Waals surface area (Å²) in [6.45, 7) is 2.47. The lowest BCUT2D eigenvalue weighted by Gasteiger charge is -2.15. The molecule has 0 aromatic heterocycles. The molecule has 0 fully saturated rings. The van der Waals surface area contributed by atoms with Crippen LogP contribution < -0.4 is 5.32 Å². The van der Waals surface area contributed by atoms with Gasteiger partial charge in [-0.3, -0.25) is 4.79 Å². The van der Waals surface area contributed by atoms with Crippen LogP contribution in [0.4, 0.5) is 10.1 Å². The second-order valence-corrected chi connectivity index (χ2v) is 8.58.